The molecule has 1 aromatic carbocycles. The van der Waals surface area contributed by atoms with Crippen molar-refractivity contribution >= 4 is 5.97 Å². The molecule has 5 heteroatoms. The Balaban J connectivity index is 2.70. The molecule has 104 valence electrons. The molecular weight excluding hydrogens is 256 g/mol. The van der Waals surface area contributed by atoms with Crippen LogP contribution in [0.15, 0.2) is 29.2 Å². The molecule has 1 heterocycles. The van der Waals surface area contributed by atoms with E-state index < -0.39 is 11.4 Å². The van der Waals surface area contributed by atoms with Crippen LogP contribution in [-0.2, 0) is 4.74 Å². The largest absolute Gasteiger partial charge is 0.464 e. The van der Waals surface area contributed by atoms with Gasteiger partial charge in [-0.05, 0) is 38.0 Å². The van der Waals surface area contributed by atoms with Crippen LogP contribution in [0.5, 0.6) is 0 Å². The first kappa shape index (κ1) is 14.0. The molecule has 0 saturated carbocycles. The Labute approximate surface area is 116 Å². The Morgan fingerprint density at radius 2 is 1.90 bits per heavy atom. The van der Waals surface area contributed by atoms with Gasteiger partial charge in [-0.1, -0.05) is 12.1 Å². The highest BCUT2D eigenvalue weighted by molar-refractivity contribution is 5.87. The van der Waals surface area contributed by atoms with Gasteiger partial charge in [0.1, 0.15) is 0 Å². The number of esters is 1. The second-order valence-corrected chi connectivity index (χ2v) is 4.65. The van der Waals surface area contributed by atoms with E-state index in [1.165, 1.54) is 7.11 Å². The van der Waals surface area contributed by atoms with Crippen LogP contribution in [-0.4, -0.2) is 22.9 Å². The number of aryl methyl sites for hydroxylation is 2. The third-order valence-corrected chi connectivity index (χ3v) is 3.30. The standard InChI is InChI=1S/C15H16N2O3/c1-9-6-5-7-12(11(9)3)17-8-10(2)14(18)13(16-17)15(19)20-4/h5-8H,1-4H3. The first-order chi connectivity index (χ1) is 9.45. The highest BCUT2D eigenvalue weighted by Crippen LogP contribution is 2.16. The molecule has 0 amide bonds. The number of aromatic nitrogens is 2. The smallest absolute Gasteiger partial charge is 0.362 e. The second kappa shape index (κ2) is 5.28. The van der Waals surface area contributed by atoms with Gasteiger partial charge in [-0.15, -0.1) is 0 Å². The van der Waals surface area contributed by atoms with Crippen LogP contribution in [0.25, 0.3) is 5.69 Å². The van der Waals surface area contributed by atoms with Gasteiger partial charge in [-0.3, -0.25) is 4.79 Å². The van der Waals surface area contributed by atoms with Gasteiger partial charge in [0.15, 0.2) is 0 Å². The van der Waals surface area contributed by atoms with Crippen LogP contribution >= 0.6 is 0 Å². The van der Waals surface area contributed by atoms with E-state index in [4.69, 9.17) is 0 Å². The van der Waals surface area contributed by atoms with Gasteiger partial charge >= 0.3 is 5.97 Å². The number of nitrogens with zero attached hydrogens (tertiary/aromatic N) is 2. The first-order valence-electron chi connectivity index (χ1n) is 6.21. The Hall–Kier alpha value is -2.43. The molecule has 5 nitrogen and oxygen atoms in total. The minimum atomic E-state index is -0.724. The van der Waals surface area contributed by atoms with Crippen LogP contribution < -0.4 is 5.43 Å². The van der Waals surface area contributed by atoms with E-state index in [2.05, 4.69) is 9.84 Å². The number of benzene rings is 1. The summed E-state index contributed by atoms with van der Waals surface area (Å²) in [6, 6.07) is 5.79. The monoisotopic (exact) mass is 272 g/mol. The molecule has 0 saturated heterocycles. The van der Waals surface area contributed by atoms with Gasteiger partial charge in [0.05, 0.1) is 12.8 Å². The number of methoxy groups -OCH3 is 1. The Bertz CT molecular complexity index is 732. The van der Waals surface area contributed by atoms with E-state index in [0.29, 0.717) is 5.56 Å². The minimum absolute atomic E-state index is 0.201. The molecule has 20 heavy (non-hydrogen) atoms. The van der Waals surface area contributed by atoms with Gasteiger partial charge in [0, 0.05) is 11.8 Å². The lowest BCUT2D eigenvalue weighted by Crippen LogP contribution is -2.24. The zero-order valence-electron chi connectivity index (χ0n) is 11.9. The van der Waals surface area contributed by atoms with E-state index in [0.717, 1.165) is 16.8 Å². The summed E-state index contributed by atoms with van der Waals surface area (Å²) >= 11 is 0. The molecule has 0 unspecified atom stereocenters. The summed E-state index contributed by atoms with van der Waals surface area (Å²) in [4.78, 5) is 23.6. The fraction of sp³-hybridized carbons (Fsp3) is 0.267. The molecule has 0 radical (unpaired) electrons. The van der Waals surface area contributed by atoms with E-state index in [1.807, 2.05) is 32.0 Å². The Morgan fingerprint density at radius 3 is 2.55 bits per heavy atom. The van der Waals surface area contributed by atoms with E-state index in [9.17, 15) is 9.59 Å². The van der Waals surface area contributed by atoms with Gasteiger partial charge in [-0.25, -0.2) is 9.48 Å². The lowest BCUT2D eigenvalue weighted by atomic mass is 10.1. The van der Waals surface area contributed by atoms with Crippen molar-refractivity contribution in [2.75, 3.05) is 7.11 Å². The SMILES string of the molecule is COC(=O)c1nn(-c2cccc(C)c2C)cc(C)c1=O. The molecule has 0 aliphatic rings. The summed E-state index contributed by atoms with van der Waals surface area (Å²) in [6.07, 6.45) is 1.62. The predicted molar refractivity (Wildman–Crippen MR) is 75.4 cm³/mol. The summed E-state index contributed by atoms with van der Waals surface area (Å²) in [5.74, 6) is -0.724. The number of carbonyl (C=O) groups is 1. The molecular formula is C15H16N2O3. The molecule has 0 fully saturated rings. The molecule has 0 aliphatic heterocycles. The van der Waals surface area contributed by atoms with Crippen molar-refractivity contribution < 1.29 is 9.53 Å². The molecule has 0 N–H and O–H groups in total. The average Bonchev–Trinajstić information content (AvgIpc) is 2.44. The van der Waals surface area contributed by atoms with Crippen molar-refractivity contribution in [1.29, 1.82) is 0 Å². The third kappa shape index (κ3) is 2.34. The van der Waals surface area contributed by atoms with Gasteiger partial charge in [0.2, 0.25) is 11.1 Å². The van der Waals surface area contributed by atoms with E-state index in [-0.39, 0.29) is 5.69 Å². The summed E-state index contributed by atoms with van der Waals surface area (Å²) in [6.45, 7) is 5.62. The van der Waals surface area contributed by atoms with Crippen molar-refractivity contribution in [3.05, 3.63) is 57.0 Å². The van der Waals surface area contributed by atoms with Crippen LogP contribution in [0.1, 0.15) is 27.2 Å². The average molecular weight is 272 g/mol. The third-order valence-electron chi connectivity index (χ3n) is 3.30. The fourth-order valence-corrected chi connectivity index (χ4v) is 1.95. The van der Waals surface area contributed by atoms with Gasteiger partial charge < -0.3 is 4.74 Å². The van der Waals surface area contributed by atoms with Crippen LogP contribution in [0, 0.1) is 20.8 Å². The maximum atomic E-state index is 11.9. The number of carbonyl (C=O) groups excluding carboxylic acids is 1. The predicted octanol–water partition coefficient (Wildman–Crippen LogP) is 1.94. The Kier molecular flexibility index (Phi) is 3.70. The van der Waals surface area contributed by atoms with Crippen molar-refractivity contribution in [2.24, 2.45) is 0 Å². The highest BCUT2D eigenvalue weighted by Gasteiger charge is 2.16. The van der Waals surface area contributed by atoms with Crippen molar-refractivity contribution in [3.8, 4) is 5.69 Å². The maximum absolute atomic E-state index is 11.9. The topological polar surface area (TPSA) is 61.2 Å². The fourth-order valence-electron chi connectivity index (χ4n) is 1.95. The summed E-state index contributed by atoms with van der Waals surface area (Å²) < 4.78 is 6.15. The van der Waals surface area contributed by atoms with Crippen LogP contribution in [0.3, 0.4) is 0 Å². The Morgan fingerprint density at radius 1 is 1.20 bits per heavy atom. The molecule has 2 rings (SSSR count). The van der Waals surface area contributed by atoms with Crippen molar-refractivity contribution in [2.45, 2.75) is 20.8 Å². The lowest BCUT2D eigenvalue weighted by Gasteiger charge is -2.12. The molecule has 0 aliphatic carbocycles. The quantitative estimate of drug-likeness (QED) is 0.784. The highest BCUT2D eigenvalue weighted by atomic mass is 16.5. The molecule has 0 spiro atoms. The van der Waals surface area contributed by atoms with Crippen LogP contribution in [0.2, 0.25) is 0 Å². The number of hydrogen-bond donors (Lipinski definition) is 0. The lowest BCUT2D eigenvalue weighted by molar-refractivity contribution is 0.0590. The normalized spacial score (nSPS) is 10.4. The maximum Gasteiger partial charge on any atom is 0.362 e. The molecule has 0 atom stereocenters. The zero-order chi connectivity index (χ0) is 14.9. The number of ether oxygens (including phenoxy) is 1. The summed E-state index contributed by atoms with van der Waals surface area (Å²) in [5, 5.41) is 4.11. The van der Waals surface area contributed by atoms with Gasteiger partial charge in [0.25, 0.3) is 0 Å². The summed E-state index contributed by atoms with van der Waals surface area (Å²) in [5.41, 5.74) is 2.82. The number of rotatable bonds is 2. The number of hydrogen-bond acceptors (Lipinski definition) is 4. The molecule has 0 bridgehead atoms. The first-order valence-corrected chi connectivity index (χ1v) is 6.21. The second-order valence-electron chi connectivity index (χ2n) is 4.65. The van der Waals surface area contributed by atoms with Gasteiger partial charge in [-0.2, -0.15) is 5.10 Å². The van der Waals surface area contributed by atoms with Crippen LogP contribution in [0.4, 0.5) is 0 Å². The van der Waals surface area contributed by atoms with E-state index in [1.54, 1.807) is 17.8 Å². The molecule has 2 aromatic rings. The van der Waals surface area contributed by atoms with Crippen molar-refractivity contribution in [1.82, 2.24) is 9.78 Å². The summed E-state index contributed by atoms with van der Waals surface area (Å²) in [7, 11) is 1.23. The molecule has 1 aromatic heterocycles. The minimum Gasteiger partial charge on any atom is -0.464 e. The van der Waals surface area contributed by atoms with E-state index >= 15 is 0 Å². The zero-order valence-corrected chi connectivity index (χ0v) is 11.9. The van der Waals surface area contributed by atoms with Crippen molar-refractivity contribution in [3.63, 3.8) is 0 Å².